The molecule has 8 heteroatoms. The Morgan fingerprint density at radius 3 is 2.52 bits per heavy atom. The van der Waals surface area contributed by atoms with E-state index in [9.17, 15) is 14.9 Å². The van der Waals surface area contributed by atoms with E-state index in [1.165, 1.54) is 31.3 Å². The lowest BCUT2D eigenvalue weighted by Gasteiger charge is -2.20. The van der Waals surface area contributed by atoms with Crippen LogP contribution in [0.1, 0.15) is 15.9 Å². The Hall–Kier alpha value is -2.80. The van der Waals surface area contributed by atoms with Crippen molar-refractivity contribution in [2.24, 2.45) is 0 Å². The van der Waals surface area contributed by atoms with Gasteiger partial charge in [-0.25, -0.2) is 0 Å². The Bertz CT molecular complexity index is 810. The van der Waals surface area contributed by atoms with Crippen molar-refractivity contribution < 1.29 is 19.2 Å². The van der Waals surface area contributed by atoms with Gasteiger partial charge >= 0.3 is 0 Å². The molecule has 0 aliphatic rings. The smallest absolute Gasteiger partial charge is 0.270 e. The number of nitrogens with zero attached hydrogens (tertiary/aromatic N) is 2. The fraction of sp³-hybridized carbons (Fsp3) is 0.235. The molecule has 0 aliphatic carbocycles. The number of halogens is 1. The highest BCUT2D eigenvalue weighted by Crippen LogP contribution is 2.32. The molecule has 7 nitrogen and oxygen atoms in total. The zero-order valence-corrected chi connectivity index (χ0v) is 14.7. The van der Waals surface area contributed by atoms with E-state index >= 15 is 0 Å². The van der Waals surface area contributed by atoms with Gasteiger partial charge in [0.25, 0.3) is 11.6 Å². The lowest BCUT2D eigenvalue weighted by Crippen LogP contribution is -2.26. The summed E-state index contributed by atoms with van der Waals surface area (Å²) in [6.07, 6.45) is 0. The van der Waals surface area contributed by atoms with Crippen LogP contribution in [0.4, 0.5) is 5.69 Å². The van der Waals surface area contributed by atoms with Crippen LogP contribution in [0.5, 0.6) is 11.5 Å². The van der Waals surface area contributed by atoms with E-state index in [2.05, 4.69) is 0 Å². The predicted octanol–water partition coefficient (Wildman–Crippen LogP) is 3.54. The van der Waals surface area contributed by atoms with Crippen molar-refractivity contribution in [3.63, 3.8) is 0 Å². The van der Waals surface area contributed by atoms with Crippen LogP contribution >= 0.6 is 11.6 Å². The second kappa shape index (κ2) is 7.85. The predicted molar refractivity (Wildman–Crippen MR) is 93.4 cm³/mol. The highest BCUT2D eigenvalue weighted by molar-refractivity contribution is 6.34. The first kappa shape index (κ1) is 18.5. The minimum Gasteiger partial charge on any atom is -0.493 e. The molecule has 0 atom stereocenters. The number of benzene rings is 2. The third kappa shape index (κ3) is 4.00. The first-order valence-corrected chi connectivity index (χ1v) is 7.66. The highest BCUT2D eigenvalue weighted by atomic mass is 35.5. The quantitative estimate of drug-likeness (QED) is 0.578. The average Bonchev–Trinajstić information content (AvgIpc) is 2.60. The van der Waals surface area contributed by atoms with E-state index in [0.29, 0.717) is 11.5 Å². The number of para-hydroxylation sites is 1. The van der Waals surface area contributed by atoms with Gasteiger partial charge in [-0.05, 0) is 12.1 Å². The molecule has 25 heavy (non-hydrogen) atoms. The summed E-state index contributed by atoms with van der Waals surface area (Å²) < 4.78 is 10.6. The summed E-state index contributed by atoms with van der Waals surface area (Å²) in [5, 5.41) is 10.8. The maximum Gasteiger partial charge on any atom is 0.270 e. The number of methoxy groups -OCH3 is 2. The Balaban J connectivity index is 2.26. The Morgan fingerprint density at radius 1 is 1.24 bits per heavy atom. The molecule has 0 fully saturated rings. The van der Waals surface area contributed by atoms with Crippen molar-refractivity contribution in [1.29, 1.82) is 0 Å². The van der Waals surface area contributed by atoms with Crippen LogP contribution in [0, 0.1) is 10.1 Å². The molecule has 132 valence electrons. The number of ether oxygens (including phenoxy) is 2. The van der Waals surface area contributed by atoms with Gasteiger partial charge in [-0.2, -0.15) is 0 Å². The third-order valence-corrected chi connectivity index (χ3v) is 3.95. The molecule has 0 saturated heterocycles. The van der Waals surface area contributed by atoms with Gasteiger partial charge in [-0.15, -0.1) is 0 Å². The number of hydrogen-bond acceptors (Lipinski definition) is 5. The standard InChI is InChI=1S/C17H17ClN2O5/c1-19(10-11-5-4-6-15(24-2)16(11)25-3)17(21)13-8-7-12(20(22)23)9-14(13)18/h4-9H,10H2,1-3H3. The van der Waals surface area contributed by atoms with Gasteiger partial charge in [-0.1, -0.05) is 23.7 Å². The summed E-state index contributed by atoms with van der Waals surface area (Å²) in [6.45, 7) is 0.256. The first-order chi connectivity index (χ1) is 11.9. The number of carbonyl (C=O) groups is 1. The minimum atomic E-state index is -0.565. The topological polar surface area (TPSA) is 81.9 Å². The Morgan fingerprint density at radius 2 is 1.96 bits per heavy atom. The second-order valence-corrected chi connectivity index (χ2v) is 5.64. The van der Waals surface area contributed by atoms with Crippen LogP contribution in [0.2, 0.25) is 5.02 Å². The molecule has 0 aliphatic heterocycles. The number of non-ortho nitro benzene ring substituents is 1. The fourth-order valence-corrected chi connectivity index (χ4v) is 2.66. The first-order valence-electron chi connectivity index (χ1n) is 7.28. The summed E-state index contributed by atoms with van der Waals surface area (Å²) in [6, 6.07) is 9.14. The number of rotatable bonds is 6. The maximum atomic E-state index is 12.6. The Labute approximate surface area is 149 Å². The van der Waals surface area contributed by atoms with Crippen molar-refractivity contribution in [3.8, 4) is 11.5 Å². The van der Waals surface area contributed by atoms with Crippen molar-refractivity contribution in [1.82, 2.24) is 4.90 Å². The largest absolute Gasteiger partial charge is 0.493 e. The van der Waals surface area contributed by atoms with Gasteiger partial charge in [0.05, 0.1) is 29.7 Å². The molecule has 0 aromatic heterocycles. The monoisotopic (exact) mass is 364 g/mol. The summed E-state index contributed by atoms with van der Waals surface area (Å²) in [4.78, 5) is 24.3. The van der Waals surface area contributed by atoms with Gasteiger partial charge in [0.2, 0.25) is 0 Å². The van der Waals surface area contributed by atoms with E-state index in [-0.39, 0.29) is 28.7 Å². The van der Waals surface area contributed by atoms with Crippen LogP contribution < -0.4 is 9.47 Å². The van der Waals surface area contributed by atoms with E-state index in [1.807, 2.05) is 6.07 Å². The van der Waals surface area contributed by atoms with Crippen molar-refractivity contribution in [2.45, 2.75) is 6.54 Å². The number of nitro groups is 1. The minimum absolute atomic E-state index is 0.0312. The number of nitro benzene ring substituents is 1. The molecule has 0 radical (unpaired) electrons. The second-order valence-electron chi connectivity index (χ2n) is 5.24. The number of amides is 1. The van der Waals surface area contributed by atoms with Crippen molar-refractivity contribution in [2.75, 3.05) is 21.3 Å². The third-order valence-electron chi connectivity index (χ3n) is 3.63. The van der Waals surface area contributed by atoms with Crippen LogP contribution in [-0.4, -0.2) is 37.0 Å². The van der Waals surface area contributed by atoms with E-state index in [4.69, 9.17) is 21.1 Å². The highest BCUT2D eigenvalue weighted by Gasteiger charge is 2.20. The zero-order chi connectivity index (χ0) is 18.6. The molecular weight excluding hydrogens is 348 g/mol. The SMILES string of the molecule is COc1cccc(CN(C)C(=O)c2ccc([N+](=O)[O-])cc2Cl)c1OC. The fourth-order valence-electron chi connectivity index (χ4n) is 2.40. The molecule has 2 aromatic rings. The van der Waals surface area contributed by atoms with Gasteiger partial charge in [0.1, 0.15) is 0 Å². The van der Waals surface area contributed by atoms with Crippen LogP contribution in [0.25, 0.3) is 0 Å². The molecule has 2 aromatic carbocycles. The molecule has 0 N–H and O–H groups in total. The van der Waals surface area contributed by atoms with Gasteiger partial charge in [0.15, 0.2) is 11.5 Å². The summed E-state index contributed by atoms with van der Waals surface area (Å²) in [7, 11) is 4.67. The molecule has 0 heterocycles. The number of carbonyl (C=O) groups excluding carboxylic acids is 1. The van der Waals surface area contributed by atoms with E-state index in [1.54, 1.807) is 19.2 Å². The normalized spacial score (nSPS) is 10.2. The van der Waals surface area contributed by atoms with Crippen molar-refractivity contribution >= 4 is 23.2 Å². The molecule has 2 rings (SSSR count). The zero-order valence-electron chi connectivity index (χ0n) is 14.0. The van der Waals surface area contributed by atoms with Crippen LogP contribution in [-0.2, 0) is 6.54 Å². The molecule has 0 saturated carbocycles. The van der Waals surface area contributed by atoms with Crippen LogP contribution in [0.3, 0.4) is 0 Å². The van der Waals surface area contributed by atoms with Gasteiger partial charge in [0, 0.05) is 31.3 Å². The van der Waals surface area contributed by atoms with E-state index < -0.39 is 4.92 Å². The summed E-state index contributed by atoms with van der Waals surface area (Å²) in [5.74, 6) is 0.749. The van der Waals surface area contributed by atoms with Gasteiger partial charge in [-0.3, -0.25) is 14.9 Å². The van der Waals surface area contributed by atoms with Crippen LogP contribution in [0.15, 0.2) is 36.4 Å². The van der Waals surface area contributed by atoms with Crippen molar-refractivity contribution in [3.05, 3.63) is 62.7 Å². The number of hydrogen-bond donors (Lipinski definition) is 0. The molecule has 0 unspecified atom stereocenters. The summed E-state index contributed by atoms with van der Waals surface area (Å²) in [5.41, 5.74) is 0.783. The Kier molecular flexibility index (Phi) is 5.82. The summed E-state index contributed by atoms with van der Waals surface area (Å²) >= 11 is 6.02. The van der Waals surface area contributed by atoms with Gasteiger partial charge < -0.3 is 14.4 Å². The molecule has 1 amide bonds. The molecular formula is C17H17ClN2O5. The van der Waals surface area contributed by atoms with E-state index in [0.717, 1.165) is 11.6 Å². The molecule has 0 spiro atoms. The molecule has 0 bridgehead atoms. The lowest BCUT2D eigenvalue weighted by molar-refractivity contribution is -0.384. The average molecular weight is 365 g/mol. The maximum absolute atomic E-state index is 12.6. The lowest BCUT2D eigenvalue weighted by atomic mass is 10.1.